The van der Waals surface area contributed by atoms with E-state index >= 15 is 0 Å². The summed E-state index contributed by atoms with van der Waals surface area (Å²) >= 11 is 0. The summed E-state index contributed by atoms with van der Waals surface area (Å²) in [6, 6.07) is 10.7. The van der Waals surface area contributed by atoms with Gasteiger partial charge in [-0.1, -0.05) is 38.1 Å². The molecule has 1 N–H and O–H groups in total. The SMILES string of the molecule is CCc1ccc(CNc2cc(CC)nc(C)n2)cc1. The summed E-state index contributed by atoms with van der Waals surface area (Å²) in [4.78, 5) is 8.79. The molecule has 1 heterocycles. The summed E-state index contributed by atoms with van der Waals surface area (Å²) in [7, 11) is 0. The van der Waals surface area contributed by atoms with Crippen molar-refractivity contribution in [3.8, 4) is 0 Å². The summed E-state index contributed by atoms with van der Waals surface area (Å²) in [6.45, 7) is 7.00. The van der Waals surface area contributed by atoms with Crippen LogP contribution >= 0.6 is 0 Å². The van der Waals surface area contributed by atoms with E-state index in [-0.39, 0.29) is 0 Å². The van der Waals surface area contributed by atoms with Crippen LogP contribution in [0.25, 0.3) is 0 Å². The van der Waals surface area contributed by atoms with Crippen molar-refractivity contribution in [1.29, 1.82) is 0 Å². The molecule has 1 aromatic heterocycles. The third kappa shape index (κ3) is 3.78. The maximum Gasteiger partial charge on any atom is 0.130 e. The van der Waals surface area contributed by atoms with E-state index in [1.807, 2.05) is 13.0 Å². The summed E-state index contributed by atoms with van der Waals surface area (Å²) in [5.74, 6) is 1.73. The van der Waals surface area contributed by atoms with Crippen molar-refractivity contribution >= 4 is 5.82 Å². The van der Waals surface area contributed by atoms with Crippen LogP contribution in [0.1, 0.15) is 36.5 Å². The molecule has 0 aliphatic carbocycles. The molecule has 0 saturated carbocycles. The van der Waals surface area contributed by atoms with E-state index in [2.05, 4.69) is 53.4 Å². The Morgan fingerprint density at radius 3 is 2.26 bits per heavy atom. The minimum atomic E-state index is 0.795. The smallest absolute Gasteiger partial charge is 0.130 e. The molecule has 0 unspecified atom stereocenters. The number of nitrogens with one attached hydrogen (secondary N) is 1. The molecule has 0 bridgehead atoms. The quantitative estimate of drug-likeness (QED) is 0.888. The fraction of sp³-hybridized carbons (Fsp3) is 0.375. The molecule has 0 fully saturated rings. The Kier molecular flexibility index (Phi) is 4.50. The minimum absolute atomic E-state index is 0.795. The lowest BCUT2D eigenvalue weighted by Gasteiger charge is -2.08. The van der Waals surface area contributed by atoms with Gasteiger partial charge in [0.1, 0.15) is 11.6 Å². The molecule has 100 valence electrons. The maximum absolute atomic E-state index is 4.41. The van der Waals surface area contributed by atoms with Gasteiger partial charge in [0.2, 0.25) is 0 Å². The van der Waals surface area contributed by atoms with E-state index in [1.54, 1.807) is 0 Å². The van der Waals surface area contributed by atoms with Crippen molar-refractivity contribution in [2.24, 2.45) is 0 Å². The molecule has 3 heteroatoms. The highest BCUT2D eigenvalue weighted by atomic mass is 15.0. The largest absolute Gasteiger partial charge is 0.366 e. The number of anilines is 1. The van der Waals surface area contributed by atoms with Gasteiger partial charge >= 0.3 is 0 Å². The predicted octanol–water partition coefficient (Wildman–Crippen LogP) is 3.52. The number of benzene rings is 1. The lowest BCUT2D eigenvalue weighted by Crippen LogP contribution is -2.04. The first-order valence-electron chi connectivity index (χ1n) is 6.87. The van der Waals surface area contributed by atoms with Gasteiger partial charge < -0.3 is 5.32 Å². The van der Waals surface area contributed by atoms with Crippen molar-refractivity contribution in [2.45, 2.75) is 40.2 Å². The van der Waals surface area contributed by atoms with Crippen LogP contribution in [-0.2, 0) is 19.4 Å². The highest BCUT2D eigenvalue weighted by Gasteiger charge is 2.00. The van der Waals surface area contributed by atoms with Crippen LogP contribution in [0.3, 0.4) is 0 Å². The van der Waals surface area contributed by atoms with Crippen LogP contribution in [0.5, 0.6) is 0 Å². The number of aryl methyl sites for hydroxylation is 3. The molecule has 3 nitrogen and oxygen atoms in total. The van der Waals surface area contributed by atoms with Gasteiger partial charge in [-0.2, -0.15) is 0 Å². The zero-order valence-electron chi connectivity index (χ0n) is 11.9. The molecule has 0 amide bonds. The number of hydrogen-bond acceptors (Lipinski definition) is 3. The average molecular weight is 255 g/mol. The summed E-state index contributed by atoms with van der Waals surface area (Å²) in [6.07, 6.45) is 2.02. The molecule has 0 radical (unpaired) electrons. The number of nitrogens with zero attached hydrogens (tertiary/aromatic N) is 2. The Balaban J connectivity index is 2.03. The van der Waals surface area contributed by atoms with E-state index in [0.717, 1.165) is 36.7 Å². The molecule has 19 heavy (non-hydrogen) atoms. The van der Waals surface area contributed by atoms with Gasteiger partial charge in [0.05, 0.1) is 0 Å². The van der Waals surface area contributed by atoms with Crippen molar-refractivity contribution in [3.63, 3.8) is 0 Å². The Hall–Kier alpha value is -1.90. The minimum Gasteiger partial charge on any atom is -0.366 e. The van der Waals surface area contributed by atoms with E-state index in [9.17, 15) is 0 Å². The number of hydrogen-bond donors (Lipinski definition) is 1. The van der Waals surface area contributed by atoms with E-state index < -0.39 is 0 Å². The zero-order chi connectivity index (χ0) is 13.7. The van der Waals surface area contributed by atoms with Crippen LogP contribution in [0.4, 0.5) is 5.82 Å². The summed E-state index contributed by atoms with van der Waals surface area (Å²) in [5.41, 5.74) is 3.72. The van der Waals surface area contributed by atoms with Crippen LogP contribution in [0.15, 0.2) is 30.3 Å². The zero-order valence-corrected chi connectivity index (χ0v) is 11.9. The molecular weight excluding hydrogens is 234 g/mol. The first-order chi connectivity index (χ1) is 9.21. The van der Waals surface area contributed by atoms with Crippen molar-refractivity contribution < 1.29 is 0 Å². The van der Waals surface area contributed by atoms with Gasteiger partial charge in [0, 0.05) is 18.3 Å². The monoisotopic (exact) mass is 255 g/mol. The molecular formula is C16H21N3. The van der Waals surface area contributed by atoms with Crippen LogP contribution < -0.4 is 5.32 Å². The molecule has 0 aliphatic heterocycles. The van der Waals surface area contributed by atoms with Crippen LogP contribution in [-0.4, -0.2) is 9.97 Å². The van der Waals surface area contributed by atoms with Crippen LogP contribution in [0, 0.1) is 6.92 Å². The molecule has 2 rings (SSSR count). The summed E-state index contributed by atoms with van der Waals surface area (Å²) in [5, 5.41) is 3.36. The van der Waals surface area contributed by atoms with Gasteiger partial charge in [-0.3, -0.25) is 0 Å². The van der Waals surface area contributed by atoms with Gasteiger partial charge in [-0.15, -0.1) is 0 Å². The molecule has 0 atom stereocenters. The molecule has 2 aromatic rings. The highest BCUT2D eigenvalue weighted by Crippen LogP contribution is 2.10. The standard InChI is InChI=1S/C16H21N3/c1-4-13-6-8-14(9-7-13)11-17-16-10-15(5-2)18-12(3)19-16/h6-10H,4-5,11H2,1-3H3,(H,17,18,19). The maximum atomic E-state index is 4.41. The Bertz CT molecular complexity index is 532. The first-order valence-corrected chi connectivity index (χ1v) is 6.87. The lowest BCUT2D eigenvalue weighted by molar-refractivity contribution is 0.941. The van der Waals surface area contributed by atoms with Crippen molar-refractivity contribution in [2.75, 3.05) is 5.32 Å². The Morgan fingerprint density at radius 1 is 0.947 bits per heavy atom. The average Bonchev–Trinajstić information content (AvgIpc) is 2.45. The van der Waals surface area contributed by atoms with Gasteiger partial charge in [0.15, 0.2) is 0 Å². The first kappa shape index (κ1) is 13.5. The van der Waals surface area contributed by atoms with E-state index in [0.29, 0.717) is 0 Å². The second-order valence-electron chi connectivity index (χ2n) is 4.67. The lowest BCUT2D eigenvalue weighted by atomic mass is 10.1. The van der Waals surface area contributed by atoms with Gasteiger partial charge in [0.25, 0.3) is 0 Å². The van der Waals surface area contributed by atoms with Gasteiger partial charge in [-0.25, -0.2) is 9.97 Å². The second kappa shape index (κ2) is 6.32. The normalized spacial score (nSPS) is 10.5. The van der Waals surface area contributed by atoms with Gasteiger partial charge in [-0.05, 0) is 30.9 Å². The highest BCUT2D eigenvalue weighted by molar-refractivity contribution is 5.37. The molecule has 0 spiro atoms. The predicted molar refractivity (Wildman–Crippen MR) is 79.3 cm³/mol. The molecule has 0 aliphatic rings. The third-order valence-electron chi connectivity index (χ3n) is 3.16. The molecule has 0 saturated heterocycles. The Labute approximate surface area is 115 Å². The number of rotatable bonds is 5. The van der Waals surface area contributed by atoms with Crippen molar-refractivity contribution in [3.05, 3.63) is 53.0 Å². The second-order valence-corrected chi connectivity index (χ2v) is 4.67. The fourth-order valence-electron chi connectivity index (χ4n) is 1.99. The third-order valence-corrected chi connectivity index (χ3v) is 3.16. The van der Waals surface area contributed by atoms with Crippen molar-refractivity contribution in [1.82, 2.24) is 9.97 Å². The van der Waals surface area contributed by atoms with E-state index in [4.69, 9.17) is 0 Å². The number of aromatic nitrogens is 2. The summed E-state index contributed by atoms with van der Waals surface area (Å²) < 4.78 is 0. The van der Waals surface area contributed by atoms with E-state index in [1.165, 1.54) is 11.1 Å². The topological polar surface area (TPSA) is 37.8 Å². The molecule has 1 aromatic carbocycles. The fourth-order valence-corrected chi connectivity index (χ4v) is 1.99. The van der Waals surface area contributed by atoms with Crippen LogP contribution in [0.2, 0.25) is 0 Å². The Morgan fingerprint density at radius 2 is 1.63 bits per heavy atom.